The molecular formula is HAsMnO5. The van der Waals surface area contributed by atoms with E-state index in [-0.39, 0.29) is 22.5 Å². The molecule has 0 atom stereocenters. The summed E-state index contributed by atoms with van der Waals surface area (Å²) in [5.74, 6) is 0. The topological polar surface area (TPSA) is 116 Å². The summed E-state index contributed by atoms with van der Waals surface area (Å²) in [4.78, 5) is 0. The van der Waals surface area contributed by atoms with Crippen molar-refractivity contribution in [2.75, 3.05) is 0 Å². The van der Waals surface area contributed by atoms with Gasteiger partial charge in [-0.15, -0.1) is 0 Å². The van der Waals surface area contributed by atoms with Gasteiger partial charge < -0.3 is 5.48 Å². The van der Waals surface area contributed by atoms with Crippen LogP contribution in [0.4, 0.5) is 0 Å². The fraction of sp³-hybridized carbons (Fsp3) is 0. The molecule has 0 spiro atoms. The Bertz CT molecular complexity index is 54.2. The third-order valence-electron chi connectivity index (χ3n) is 0. The Kier molecular flexibility index (Phi) is 10.9. The van der Waals surface area contributed by atoms with Crippen molar-refractivity contribution in [3.05, 3.63) is 0 Å². The maximum absolute atomic E-state index is 8.61. The van der Waals surface area contributed by atoms with Crippen molar-refractivity contribution in [3.63, 3.8) is 0 Å². The predicted molar refractivity (Wildman–Crippen MR) is 8.38 cm³/mol. The Hall–Kier alpha value is 0.718. The first-order valence-corrected chi connectivity index (χ1v) is 3.79. The minimum absolute atomic E-state index is 0. The van der Waals surface area contributed by atoms with Crippen molar-refractivity contribution in [1.82, 2.24) is 0 Å². The minimum Gasteiger partial charge on any atom is -0.870 e. The summed E-state index contributed by atoms with van der Waals surface area (Å²) in [6, 6.07) is 0. The van der Waals surface area contributed by atoms with Gasteiger partial charge in [-0.05, 0) is 0 Å². The smallest absolute Gasteiger partial charge is 0.870 e. The molecular weight excluding hydrogens is 210 g/mol. The van der Waals surface area contributed by atoms with Crippen LogP contribution in [0, 0.1) is 0 Å². The number of hydrogen-bond acceptors (Lipinski definition) is 5. The zero-order chi connectivity index (χ0) is 4.50. The van der Waals surface area contributed by atoms with E-state index in [0.717, 1.165) is 0 Å². The van der Waals surface area contributed by atoms with Gasteiger partial charge in [-0.25, -0.2) is 0 Å². The Balaban J connectivity index is -0.0000000800. The quantitative estimate of drug-likeness (QED) is 0.376. The van der Waals surface area contributed by atoms with Gasteiger partial charge in [0, 0.05) is 0 Å². The second-order valence-electron chi connectivity index (χ2n) is 0.447. The normalized spacial score (nSPS) is 8.43. The van der Waals surface area contributed by atoms with Crippen molar-refractivity contribution in [1.29, 1.82) is 0 Å². The molecule has 0 bridgehead atoms. The summed E-state index contributed by atoms with van der Waals surface area (Å²) in [5.41, 5.74) is 0. The first kappa shape index (κ1) is 15.6. The maximum Gasteiger partial charge on any atom is 4.00 e. The van der Waals surface area contributed by atoms with Crippen LogP contribution in [0.1, 0.15) is 0 Å². The fourth-order valence-electron chi connectivity index (χ4n) is 0. The van der Waals surface area contributed by atoms with Crippen LogP contribution in [0.3, 0.4) is 0 Å². The first-order chi connectivity index (χ1) is 2.00. The molecule has 0 saturated heterocycles. The second kappa shape index (κ2) is 4.87. The van der Waals surface area contributed by atoms with Gasteiger partial charge in [0.05, 0.1) is 0 Å². The summed E-state index contributed by atoms with van der Waals surface area (Å²) in [6.07, 6.45) is 0. The molecule has 1 N–H and O–H groups in total. The molecule has 0 aromatic heterocycles. The van der Waals surface area contributed by atoms with Gasteiger partial charge in [-0.2, -0.15) is 0 Å². The number of hydrogen-bond donors (Lipinski definition) is 0. The maximum atomic E-state index is 8.61. The van der Waals surface area contributed by atoms with Crippen LogP contribution in [0.25, 0.3) is 0 Å². The molecule has 5 nitrogen and oxygen atoms in total. The predicted octanol–water partition coefficient (Wildman–Crippen LogP) is -4.25. The Morgan fingerprint density at radius 2 is 1.14 bits per heavy atom. The standard InChI is InChI=1S/AsH3O4.Mn.H2O/c2-1(3,4)5;;/h(H3,2,3,4,5);;1H2/q;+4;/p-4. The van der Waals surface area contributed by atoms with Crippen molar-refractivity contribution in [2.24, 2.45) is 0 Å². The summed E-state index contributed by atoms with van der Waals surface area (Å²) < 4.78 is 34.4. The molecule has 7 heavy (non-hydrogen) atoms. The molecule has 0 unspecified atom stereocenters. The molecule has 0 saturated carbocycles. The molecule has 0 heterocycles. The summed E-state index contributed by atoms with van der Waals surface area (Å²) in [7, 11) is 0. The van der Waals surface area contributed by atoms with Gasteiger partial charge in [0.15, 0.2) is 0 Å². The minimum atomic E-state index is -5.88. The van der Waals surface area contributed by atoms with Crippen LogP contribution in [0.2, 0.25) is 0 Å². The van der Waals surface area contributed by atoms with Crippen LogP contribution in [-0.4, -0.2) is 20.0 Å². The van der Waals surface area contributed by atoms with Gasteiger partial charge in [-0.1, -0.05) is 0 Å². The zero-order valence-electron chi connectivity index (χ0n) is 2.91. The molecule has 0 aliphatic carbocycles. The van der Waals surface area contributed by atoms with Crippen LogP contribution in [0.5, 0.6) is 0 Å². The van der Waals surface area contributed by atoms with E-state index in [4.69, 9.17) is 16.0 Å². The molecule has 0 amide bonds. The van der Waals surface area contributed by atoms with E-state index < -0.39 is 14.5 Å². The Labute approximate surface area is 53.5 Å². The van der Waals surface area contributed by atoms with E-state index in [1.807, 2.05) is 0 Å². The van der Waals surface area contributed by atoms with Gasteiger partial charge in [0.25, 0.3) is 0 Å². The molecule has 7 heteroatoms. The van der Waals surface area contributed by atoms with Gasteiger partial charge in [0.1, 0.15) is 0 Å². The zero-order valence-corrected chi connectivity index (χ0v) is 5.96. The molecule has 0 aliphatic heterocycles. The second-order valence-corrected chi connectivity index (χ2v) is 2.32. The third-order valence-corrected chi connectivity index (χ3v) is 0. The molecule has 0 aliphatic rings. The van der Waals surface area contributed by atoms with Gasteiger partial charge in [-0.3, -0.25) is 0 Å². The van der Waals surface area contributed by atoms with E-state index in [2.05, 4.69) is 0 Å². The summed E-state index contributed by atoms with van der Waals surface area (Å²) >= 11 is -5.88. The fourth-order valence-corrected chi connectivity index (χ4v) is 0. The SMILES string of the molecule is O=[As]([O-])([O-])[O-].[Mn+4].[OH-]. The van der Waals surface area contributed by atoms with Gasteiger partial charge >= 0.3 is 47.6 Å². The van der Waals surface area contributed by atoms with Crippen molar-refractivity contribution in [2.45, 2.75) is 0 Å². The van der Waals surface area contributed by atoms with E-state index in [9.17, 15) is 0 Å². The molecule has 0 aromatic rings. The molecule has 0 fully saturated rings. The molecule has 0 rings (SSSR count). The molecule has 1 radical (unpaired) electrons. The van der Waals surface area contributed by atoms with Crippen LogP contribution in [0.15, 0.2) is 0 Å². The van der Waals surface area contributed by atoms with Crippen molar-refractivity contribution < 1.29 is 38.6 Å². The molecule has 0 aromatic carbocycles. The van der Waals surface area contributed by atoms with E-state index in [1.165, 1.54) is 0 Å². The Morgan fingerprint density at radius 3 is 1.14 bits per heavy atom. The summed E-state index contributed by atoms with van der Waals surface area (Å²) in [5, 5.41) is 0. The number of rotatable bonds is 0. The largest absolute Gasteiger partial charge is 4.00 e. The third kappa shape index (κ3) is 290. The summed E-state index contributed by atoms with van der Waals surface area (Å²) in [6.45, 7) is 0. The van der Waals surface area contributed by atoms with Crippen LogP contribution in [-0.2, 0) is 20.8 Å². The monoisotopic (exact) mass is 211 g/mol. The molecule has 43 valence electrons. The Morgan fingerprint density at radius 1 is 1.14 bits per heavy atom. The van der Waals surface area contributed by atoms with Crippen molar-refractivity contribution >= 4 is 14.5 Å². The first-order valence-electron chi connectivity index (χ1n) is 0.730. The van der Waals surface area contributed by atoms with E-state index in [0.29, 0.717) is 0 Å². The average Bonchev–Trinajstić information content (AvgIpc) is 0.722. The van der Waals surface area contributed by atoms with Crippen molar-refractivity contribution in [3.8, 4) is 0 Å². The van der Waals surface area contributed by atoms with E-state index in [1.54, 1.807) is 0 Å². The van der Waals surface area contributed by atoms with Crippen LogP contribution < -0.4 is 12.3 Å². The van der Waals surface area contributed by atoms with Gasteiger partial charge in [0.2, 0.25) is 0 Å². The van der Waals surface area contributed by atoms with E-state index >= 15 is 0 Å². The van der Waals surface area contributed by atoms with Crippen LogP contribution >= 0.6 is 0 Å². The average molecular weight is 211 g/mol.